The second kappa shape index (κ2) is 37.0. The fraction of sp³-hybridized carbons (Fsp3) is 0.276. The van der Waals surface area contributed by atoms with E-state index in [4.69, 9.17) is 0 Å². The van der Waals surface area contributed by atoms with Crippen LogP contribution in [0.25, 0.3) is 0 Å². The summed E-state index contributed by atoms with van der Waals surface area (Å²) in [7, 11) is -7.33. The molecule has 0 fully saturated rings. The predicted molar refractivity (Wildman–Crippen MR) is 523 cm³/mol. The van der Waals surface area contributed by atoms with E-state index >= 15 is 0 Å². The smallest absolute Gasteiger partial charge is 0.127 e. The van der Waals surface area contributed by atoms with Crippen molar-refractivity contribution in [2.75, 3.05) is 0 Å². The molecule has 0 spiro atoms. The molecule has 0 aliphatic heterocycles. The number of benzene rings is 10. The zero-order valence-corrected chi connectivity index (χ0v) is 79.3. The van der Waals surface area contributed by atoms with Crippen molar-refractivity contribution in [2.24, 2.45) is 0 Å². The molecule has 0 saturated carbocycles. The van der Waals surface area contributed by atoms with Gasteiger partial charge in [0.25, 0.3) is 0 Å². The van der Waals surface area contributed by atoms with Gasteiger partial charge >= 0.3 is 0 Å². The lowest BCUT2D eigenvalue weighted by molar-refractivity contribution is 0.590. The fourth-order valence-corrected chi connectivity index (χ4v) is 14.9. The Balaban J connectivity index is 1.09. The number of aryl methyl sites for hydroxylation is 4. The van der Waals surface area contributed by atoms with Crippen LogP contribution in [-0.2, 0) is 47.3 Å². The van der Waals surface area contributed by atoms with Crippen molar-refractivity contribution < 1.29 is 0 Å². The van der Waals surface area contributed by atoms with Crippen LogP contribution in [0.3, 0.4) is 0 Å². The summed E-state index contributed by atoms with van der Waals surface area (Å²) in [5.74, 6) is 72.2. The molecule has 0 atom stereocenters. The van der Waals surface area contributed by atoms with E-state index in [0.717, 1.165) is 134 Å². The molecule has 0 unspecified atom stereocenters. The highest BCUT2D eigenvalue weighted by Gasteiger charge is 2.21. The first kappa shape index (κ1) is 88.6. The zero-order chi connectivity index (χ0) is 86.6. The first-order chi connectivity index (χ1) is 56.4. The maximum Gasteiger partial charge on any atom is 0.129 e. The molecule has 0 aromatic heterocycles. The third-order valence-corrected chi connectivity index (χ3v) is 23.6. The molecular formula is C116H112Si4. The van der Waals surface area contributed by atoms with E-state index in [-0.39, 0.29) is 21.7 Å². The van der Waals surface area contributed by atoms with Crippen LogP contribution in [0.4, 0.5) is 0 Å². The summed E-state index contributed by atoms with van der Waals surface area (Å²) < 4.78 is 0. The van der Waals surface area contributed by atoms with Crippen LogP contribution in [-0.4, -0.2) is 32.3 Å². The average molecular weight is 1620 g/mol. The fourth-order valence-electron chi connectivity index (χ4n) is 12.9. The van der Waals surface area contributed by atoms with Crippen LogP contribution in [0.1, 0.15) is 239 Å². The largest absolute Gasteiger partial charge is 0.129 e. The normalized spacial score (nSPS) is 11.7. The third-order valence-electron chi connectivity index (χ3n) is 20.1. The van der Waals surface area contributed by atoms with E-state index in [1.165, 1.54) is 22.3 Å². The van der Waals surface area contributed by atoms with Crippen molar-refractivity contribution in [2.45, 2.75) is 209 Å². The molecule has 10 aromatic carbocycles. The lowest BCUT2D eigenvalue weighted by Gasteiger charge is -2.18. The van der Waals surface area contributed by atoms with Crippen molar-refractivity contribution >= 4 is 32.3 Å². The van der Waals surface area contributed by atoms with Crippen molar-refractivity contribution in [3.8, 4) is 141 Å². The molecule has 0 nitrogen and oxygen atoms in total. The minimum absolute atomic E-state index is 0.0478. The van der Waals surface area contributed by atoms with Crippen molar-refractivity contribution in [3.63, 3.8) is 0 Å². The molecule has 592 valence electrons. The molecule has 10 aromatic rings. The van der Waals surface area contributed by atoms with E-state index < -0.39 is 32.3 Å². The Hall–Kier alpha value is -12.2. The van der Waals surface area contributed by atoms with Gasteiger partial charge in [0.05, 0.1) is 0 Å². The van der Waals surface area contributed by atoms with Crippen LogP contribution in [0.5, 0.6) is 0 Å². The molecule has 14 rings (SSSR count). The van der Waals surface area contributed by atoms with Gasteiger partial charge in [0, 0.05) is 111 Å². The summed E-state index contributed by atoms with van der Waals surface area (Å²) in [6, 6.07) is 68.7. The molecular weight excluding hydrogens is 1510 g/mol. The van der Waals surface area contributed by atoms with Gasteiger partial charge in [-0.3, -0.25) is 0 Å². The molecule has 120 heavy (non-hydrogen) atoms. The maximum absolute atomic E-state index is 3.79. The molecule has 0 radical (unpaired) electrons. The second-order valence-corrected chi connectivity index (χ2v) is 58.7. The Labute approximate surface area is 726 Å². The number of rotatable bonds is 0. The van der Waals surface area contributed by atoms with E-state index in [1.54, 1.807) is 0 Å². The highest BCUT2D eigenvalue weighted by molar-refractivity contribution is 6.85. The average Bonchev–Trinajstić information content (AvgIpc) is 0.790. The van der Waals surface area contributed by atoms with Crippen LogP contribution in [0, 0.1) is 141 Å². The first-order valence-electron chi connectivity index (χ1n) is 42.0. The lowest BCUT2D eigenvalue weighted by atomic mass is 9.86. The standard InChI is InChI=1S/C116H112Si4/c1-113(2,3)109-61-37-85(38-62-109)25-29-89-33-45-93(105(77-89)69-73-117(13,14)15)49-53-97-81-102-59-60-104-84-99(55-51-95-47-35-91(79-107(95)71-75-119(19,20)21)31-27-87-41-65-111(66-42-87)115(7,8)9)103(83-100(104)56-52-96-48-36-92(80-108(96)72-76-120(22,23)24)32-28-88-43-67-112(68-44-88)116(10,11)12)58-57-101(97)82-98(102)54-50-94-46-34-90(78-106(94)70-74-118(16,17)18)30-26-86-39-63-110(64-40-86)114(4,5)6/h33-48,61-68,77-84H,57-60H2,1-24H3. The van der Waals surface area contributed by atoms with Gasteiger partial charge in [0.2, 0.25) is 0 Å². The van der Waals surface area contributed by atoms with Gasteiger partial charge in [-0.05, 0) is 237 Å². The van der Waals surface area contributed by atoms with Gasteiger partial charge in [-0.25, -0.2) is 0 Å². The summed E-state index contributed by atoms with van der Waals surface area (Å²) in [6.45, 7) is 54.1. The highest BCUT2D eigenvalue weighted by atomic mass is 28.3. The van der Waals surface area contributed by atoms with E-state index in [1.807, 2.05) is 0 Å². The molecule has 4 aliphatic rings. The highest BCUT2D eigenvalue weighted by Crippen LogP contribution is 2.31. The molecule has 0 saturated heterocycles. The van der Waals surface area contributed by atoms with Crippen LogP contribution in [0.2, 0.25) is 78.6 Å². The molecule has 0 N–H and O–H groups in total. The molecule has 4 heteroatoms. The summed E-state index contributed by atoms with van der Waals surface area (Å²) in [5.41, 5.74) is 42.3. The summed E-state index contributed by atoms with van der Waals surface area (Å²) >= 11 is 0. The Bertz CT molecular complexity index is 5680. The maximum atomic E-state index is 3.79. The van der Waals surface area contributed by atoms with Crippen LogP contribution in [0.15, 0.2) is 194 Å². The van der Waals surface area contributed by atoms with Crippen LogP contribution >= 0.6 is 0 Å². The van der Waals surface area contributed by atoms with Crippen molar-refractivity contribution in [1.82, 2.24) is 0 Å². The Morgan fingerprint density at radius 3 is 0.492 bits per heavy atom. The molecule has 4 aliphatic carbocycles. The van der Waals surface area contributed by atoms with Gasteiger partial charge in [-0.2, -0.15) is 0 Å². The molecule has 0 amide bonds. The SMILES string of the molecule is CC(C)(C)c1ccc(C#Cc2ccc(C#Cc3cc4c(C#Cc5ccc(C#Cc6ccc(C(C)(C)C)cc6)cc5C#C[Si](C)(C)C)cc3CCc3cc(C#Cc5ccc(C#Cc6ccc(C(C)(C)C)cc6)cc5C#C[Si](C)(C)C)c(cc3C#Cc3ccc(C#Cc5ccc(C(C)(C)C)cc5)cc3C#C[Si](C)(C)C)CC4)c(C#C[Si](C)(C)C)c2)cc1. The minimum atomic E-state index is -1.83. The Morgan fingerprint density at radius 1 is 0.167 bits per heavy atom. The monoisotopic (exact) mass is 1620 g/mol. The van der Waals surface area contributed by atoms with E-state index in [0.29, 0.717) is 25.7 Å². The zero-order valence-electron chi connectivity index (χ0n) is 75.3. The van der Waals surface area contributed by atoms with Crippen molar-refractivity contribution in [3.05, 3.63) is 350 Å². The third kappa shape index (κ3) is 26.4. The molecule has 4 bridgehead atoms. The second-order valence-electron chi connectivity index (χ2n) is 39.7. The van der Waals surface area contributed by atoms with Gasteiger partial charge < -0.3 is 0 Å². The Kier molecular flexibility index (Phi) is 27.3. The van der Waals surface area contributed by atoms with Crippen molar-refractivity contribution in [1.29, 1.82) is 0 Å². The quantitative estimate of drug-likeness (QED) is 0.105. The number of hydrogen-bond donors (Lipinski definition) is 0. The van der Waals surface area contributed by atoms with Gasteiger partial charge in [0.15, 0.2) is 0 Å². The van der Waals surface area contributed by atoms with Gasteiger partial charge in [-0.1, -0.05) is 329 Å². The van der Waals surface area contributed by atoms with Crippen LogP contribution < -0.4 is 0 Å². The first-order valence-corrected chi connectivity index (χ1v) is 56.0. The van der Waals surface area contributed by atoms with E-state index in [2.05, 4.69) is 496 Å². The van der Waals surface area contributed by atoms with Gasteiger partial charge in [0.1, 0.15) is 32.3 Å². The number of hydrogen-bond acceptors (Lipinski definition) is 0. The van der Waals surface area contributed by atoms with Gasteiger partial charge in [-0.15, -0.1) is 22.2 Å². The molecule has 0 heterocycles. The Morgan fingerprint density at radius 2 is 0.325 bits per heavy atom. The summed E-state index contributed by atoms with van der Waals surface area (Å²) in [6.07, 6.45) is 2.47. The topological polar surface area (TPSA) is 0 Å². The lowest BCUT2D eigenvalue weighted by Crippen LogP contribution is -2.16. The van der Waals surface area contributed by atoms with E-state index in [9.17, 15) is 0 Å². The summed E-state index contributed by atoms with van der Waals surface area (Å²) in [5, 5.41) is 0. The summed E-state index contributed by atoms with van der Waals surface area (Å²) in [4.78, 5) is 0. The minimum Gasteiger partial charge on any atom is -0.127 e. The predicted octanol–water partition coefficient (Wildman–Crippen LogP) is 24.9.